The van der Waals surface area contributed by atoms with Gasteiger partial charge >= 0.3 is 5.97 Å². The number of carboxylic acids is 1. The maximum absolute atomic E-state index is 11.4. The second-order valence-corrected chi connectivity index (χ2v) is 5.04. The summed E-state index contributed by atoms with van der Waals surface area (Å²) in [6.45, 7) is 6.81. The van der Waals surface area contributed by atoms with Gasteiger partial charge in [-0.1, -0.05) is 24.3 Å². The Morgan fingerprint density at radius 3 is 2.75 bits per heavy atom. The van der Waals surface area contributed by atoms with Gasteiger partial charge in [-0.05, 0) is 18.1 Å². The van der Waals surface area contributed by atoms with Gasteiger partial charge in [0.25, 0.3) is 0 Å². The predicted molar refractivity (Wildman–Crippen MR) is 76.8 cm³/mol. The number of rotatable bonds is 6. The van der Waals surface area contributed by atoms with Gasteiger partial charge in [0, 0.05) is 26.2 Å². The summed E-state index contributed by atoms with van der Waals surface area (Å²) >= 11 is 0. The number of aryl methyl sites for hydroxylation is 1. The third-order valence-corrected chi connectivity index (χ3v) is 3.63. The summed E-state index contributed by atoms with van der Waals surface area (Å²) in [5.74, 6) is -0.832. The lowest BCUT2D eigenvalue weighted by atomic mass is 10.0. The zero-order valence-corrected chi connectivity index (χ0v) is 11.8. The second kappa shape index (κ2) is 7.38. The molecule has 1 atom stereocenters. The average molecular weight is 278 g/mol. The van der Waals surface area contributed by atoms with Crippen molar-refractivity contribution >= 4 is 5.97 Å². The first-order chi connectivity index (χ1) is 9.68. The molecule has 110 valence electrons. The molecule has 1 aromatic rings. The van der Waals surface area contributed by atoms with Gasteiger partial charge in [0.05, 0.1) is 13.2 Å². The van der Waals surface area contributed by atoms with Crippen molar-refractivity contribution in [1.82, 2.24) is 10.2 Å². The fraction of sp³-hybridized carbons (Fsp3) is 0.533. The summed E-state index contributed by atoms with van der Waals surface area (Å²) < 4.78 is 5.29. The first-order valence-electron chi connectivity index (χ1n) is 7.00. The monoisotopic (exact) mass is 278 g/mol. The summed E-state index contributed by atoms with van der Waals surface area (Å²) in [5, 5.41) is 12.5. The zero-order valence-electron chi connectivity index (χ0n) is 11.8. The van der Waals surface area contributed by atoms with Crippen LogP contribution in [0.15, 0.2) is 24.3 Å². The van der Waals surface area contributed by atoms with E-state index in [4.69, 9.17) is 4.74 Å². The summed E-state index contributed by atoms with van der Waals surface area (Å²) in [6.07, 6.45) is 0. The van der Waals surface area contributed by atoms with Crippen molar-refractivity contribution in [3.63, 3.8) is 0 Å². The van der Waals surface area contributed by atoms with Crippen LogP contribution in [0.3, 0.4) is 0 Å². The van der Waals surface area contributed by atoms with E-state index < -0.39 is 12.0 Å². The molecule has 0 spiro atoms. The topological polar surface area (TPSA) is 61.8 Å². The van der Waals surface area contributed by atoms with Crippen molar-refractivity contribution in [2.45, 2.75) is 13.0 Å². The van der Waals surface area contributed by atoms with Gasteiger partial charge in [-0.3, -0.25) is 15.0 Å². The van der Waals surface area contributed by atoms with E-state index >= 15 is 0 Å². The molecule has 2 N–H and O–H groups in total. The minimum Gasteiger partial charge on any atom is -0.480 e. The zero-order chi connectivity index (χ0) is 14.4. The molecule has 1 saturated heterocycles. The fourth-order valence-corrected chi connectivity index (χ4v) is 2.43. The summed E-state index contributed by atoms with van der Waals surface area (Å²) in [5.41, 5.74) is 1.83. The Hall–Kier alpha value is -1.43. The quantitative estimate of drug-likeness (QED) is 0.814. The molecule has 20 heavy (non-hydrogen) atoms. The first-order valence-corrected chi connectivity index (χ1v) is 7.00. The molecule has 1 fully saturated rings. The number of carbonyl (C=O) groups is 1. The molecule has 1 heterocycles. The Bertz CT molecular complexity index is 444. The van der Waals surface area contributed by atoms with Gasteiger partial charge in [-0.15, -0.1) is 0 Å². The highest BCUT2D eigenvalue weighted by Crippen LogP contribution is 2.17. The molecule has 0 amide bonds. The predicted octanol–water partition coefficient (Wildman–Crippen LogP) is 1.04. The third-order valence-electron chi connectivity index (χ3n) is 3.63. The maximum Gasteiger partial charge on any atom is 0.325 e. The van der Waals surface area contributed by atoms with E-state index in [9.17, 15) is 9.90 Å². The number of aliphatic carboxylic acids is 1. The Morgan fingerprint density at radius 1 is 1.40 bits per heavy atom. The summed E-state index contributed by atoms with van der Waals surface area (Å²) in [6, 6.07) is 6.97. The van der Waals surface area contributed by atoms with Gasteiger partial charge in [-0.2, -0.15) is 0 Å². The van der Waals surface area contributed by atoms with Crippen molar-refractivity contribution in [2.75, 3.05) is 39.4 Å². The first kappa shape index (κ1) is 15.0. The molecular weight excluding hydrogens is 256 g/mol. The van der Waals surface area contributed by atoms with Gasteiger partial charge in [-0.25, -0.2) is 0 Å². The van der Waals surface area contributed by atoms with Crippen LogP contribution >= 0.6 is 0 Å². The van der Waals surface area contributed by atoms with E-state index in [-0.39, 0.29) is 0 Å². The van der Waals surface area contributed by atoms with E-state index in [1.807, 2.05) is 31.2 Å². The lowest BCUT2D eigenvalue weighted by molar-refractivity contribution is -0.139. The van der Waals surface area contributed by atoms with E-state index in [1.165, 1.54) is 0 Å². The van der Waals surface area contributed by atoms with Crippen molar-refractivity contribution in [3.8, 4) is 0 Å². The van der Waals surface area contributed by atoms with Crippen LogP contribution in [0, 0.1) is 6.92 Å². The van der Waals surface area contributed by atoms with Crippen molar-refractivity contribution in [2.24, 2.45) is 0 Å². The smallest absolute Gasteiger partial charge is 0.325 e. The lowest BCUT2D eigenvalue weighted by Crippen LogP contribution is -2.41. The minimum atomic E-state index is -0.832. The number of benzene rings is 1. The molecule has 1 aliphatic heterocycles. The molecule has 5 heteroatoms. The highest BCUT2D eigenvalue weighted by atomic mass is 16.5. The summed E-state index contributed by atoms with van der Waals surface area (Å²) in [4.78, 5) is 13.7. The largest absolute Gasteiger partial charge is 0.480 e. The molecule has 0 aliphatic carbocycles. The Morgan fingerprint density at radius 2 is 2.10 bits per heavy atom. The van der Waals surface area contributed by atoms with E-state index in [1.54, 1.807) is 0 Å². The van der Waals surface area contributed by atoms with Gasteiger partial charge in [0.1, 0.15) is 6.04 Å². The molecule has 0 aromatic heterocycles. The normalized spacial score (nSPS) is 17.9. The number of carboxylic acid groups (broad SMARTS) is 1. The standard InChI is InChI=1S/C15H22N2O3/c1-12-4-2-3-5-13(12)14(15(18)19)16-6-7-17-8-10-20-11-9-17/h2-5,14,16H,6-11H2,1H3,(H,18,19). The second-order valence-electron chi connectivity index (χ2n) is 5.04. The highest BCUT2D eigenvalue weighted by Gasteiger charge is 2.21. The maximum atomic E-state index is 11.4. The number of morpholine rings is 1. The van der Waals surface area contributed by atoms with Crippen LogP contribution < -0.4 is 5.32 Å². The number of nitrogens with zero attached hydrogens (tertiary/aromatic N) is 1. The van der Waals surface area contributed by atoms with E-state index in [0.29, 0.717) is 6.54 Å². The Labute approximate surface area is 119 Å². The van der Waals surface area contributed by atoms with Crippen LogP contribution in [0.2, 0.25) is 0 Å². The van der Waals surface area contributed by atoms with Crippen LogP contribution in [-0.2, 0) is 9.53 Å². The molecule has 0 saturated carbocycles. The third kappa shape index (κ3) is 4.03. The van der Waals surface area contributed by atoms with Crippen LogP contribution in [0.25, 0.3) is 0 Å². The molecule has 0 radical (unpaired) electrons. The van der Waals surface area contributed by atoms with E-state index in [2.05, 4.69) is 10.2 Å². The van der Waals surface area contributed by atoms with Crippen LogP contribution in [0.1, 0.15) is 17.2 Å². The fourth-order valence-electron chi connectivity index (χ4n) is 2.43. The highest BCUT2D eigenvalue weighted by molar-refractivity contribution is 5.76. The van der Waals surface area contributed by atoms with Crippen molar-refractivity contribution in [1.29, 1.82) is 0 Å². The van der Waals surface area contributed by atoms with Crippen molar-refractivity contribution in [3.05, 3.63) is 35.4 Å². The minimum absolute atomic E-state index is 0.641. The Kier molecular flexibility index (Phi) is 5.52. The molecule has 1 aromatic carbocycles. The van der Waals surface area contributed by atoms with Crippen LogP contribution in [-0.4, -0.2) is 55.4 Å². The molecule has 2 rings (SSSR count). The van der Waals surface area contributed by atoms with Crippen molar-refractivity contribution < 1.29 is 14.6 Å². The molecule has 1 unspecified atom stereocenters. The molecule has 5 nitrogen and oxygen atoms in total. The SMILES string of the molecule is Cc1ccccc1C(NCCN1CCOCC1)C(=O)O. The number of ether oxygens (including phenoxy) is 1. The van der Waals surface area contributed by atoms with Crippen LogP contribution in [0.5, 0.6) is 0 Å². The van der Waals surface area contributed by atoms with E-state index in [0.717, 1.165) is 44.0 Å². The molecular formula is C15H22N2O3. The Balaban J connectivity index is 1.90. The van der Waals surface area contributed by atoms with Gasteiger partial charge < -0.3 is 9.84 Å². The lowest BCUT2D eigenvalue weighted by Gasteiger charge is -2.27. The average Bonchev–Trinajstić information content (AvgIpc) is 2.45. The van der Waals surface area contributed by atoms with Gasteiger partial charge in [0.15, 0.2) is 0 Å². The summed E-state index contributed by atoms with van der Waals surface area (Å²) in [7, 11) is 0. The number of hydrogen-bond donors (Lipinski definition) is 2. The number of nitrogens with one attached hydrogen (secondary N) is 1. The number of hydrogen-bond acceptors (Lipinski definition) is 4. The van der Waals surface area contributed by atoms with Crippen LogP contribution in [0.4, 0.5) is 0 Å². The van der Waals surface area contributed by atoms with Gasteiger partial charge in [0.2, 0.25) is 0 Å². The molecule has 0 bridgehead atoms. The molecule has 1 aliphatic rings.